The van der Waals surface area contributed by atoms with E-state index in [1.807, 2.05) is 72.4 Å². The van der Waals surface area contributed by atoms with Crippen LogP contribution in [0.25, 0.3) is 0 Å². The lowest BCUT2D eigenvalue weighted by atomic mass is 9.92. The van der Waals surface area contributed by atoms with E-state index in [9.17, 15) is 9.59 Å². The van der Waals surface area contributed by atoms with Crippen molar-refractivity contribution in [3.63, 3.8) is 0 Å². The van der Waals surface area contributed by atoms with Crippen molar-refractivity contribution in [2.75, 3.05) is 37.4 Å². The van der Waals surface area contributed by atoms with Gasteiger partial charge < -0.3 is 20.9 Å². The molecule has 3 rings (SSSR count). The first-order valence-electron chi connectivity index (χ1n) is 10.8. The number of carbonyl (C=O) groups excluding carboxylic acids is 2. The van der Waals surface area contributed by atoms with Crippen molar-refractivity contribution in [2.24, 2.45) is 17.1 Å². The standard InChI is InChI=1S/C25H34N4O2/c1-25(2,16-26)17-29(24(31)20-7-8-20)15-18-5-11-21(12-6-18)27-23(30)19-9-13-22(14-10-19)28(3)4/h5-6,9-14,20H,7-8,15-17,26H2,1-4H3,(H,27,30). The minimum atomic E-state index is -0.145. The molecule has 2 aromatic carbocycles. The second-order valence-electron chi connectivity index (χ2n) is 9.43. The highest BCUT2D eigenvalue weighted by Gasteiger charge is 2.35. The smallest absolute Gasteiger partial charge is 0.255 e. The lowest BCUT2D eigenvalue weighted by Crippen LogP contribution is -2.42. The van der Waals surface area contributed by atoms with Crippen LogP contribution < -0.4 is 16.0 Å². The minimum absolute atomic E-state index is 0.124. The predicted octanol–water partition coefficient (Wildman–Crippen LogP) is 3.73. The summed E-state index contributed by atoms with van der Waals surface area (Å²) in [4.78, 5) is 29.2. The molecule has 1 saturated carbocycles. The summed E-state index contributed by atoms with van der Waals surface area (Å²) in [6, 6.07) is 15.2. The number of nitrogens with two attached hydrogens (primary N) is 1. The highest BCUT2D eigenvalue weighted by atomic mass is 16.2. The first-order chi connectivity index (χ1) is 14.7. The molecule has 0 spiro atoms. The molecule has 0 atom stereocenters. The van der Waals surface area contributed by atoms with Gasteiger partial charge in [0.25, 0.3) is 5.91 Å². The Morgan fingerprint density at radius 2 is 1.65 bits per heavy atom. The second-order valence-corrected chi connectivity index (χ2v) is 9.43. The number of hydrogen-bond donors (Lipinski definition) is 2. The van der Waals surface area contributed by atoms with Crippen LogP contribution >= 0.6 is 0 Å². The molecule has 0 heterocycles. The molecule has 3 N–H and O–H groups in total. The van der Waals surface area contributed by atoms with Gasteiger partial charge in [-0.25, -0.2) is 0 Å². The minimum Gasteiger partial charge on any atom is -0.378 e. The van der Waals surface area contributed by atoms with E-state index >= 15 is 0 Å². The van der Waals surface area contributed by atoms with Crippen molar-refractivity contribution in [3.05, 3.63) is 59.7 Å². The summed E-state index contributed by atoms with van der Waals surface area (Å²) in [6.07, 6.45) is 1.97. The lowest BCUT2D eigenvalue weighted by Gasteiger charge is -2.32. The Hall–Kier alpha value is -2.86. The van der Waals surface area contributed by atoms with Crippen molar-refractivity contribution >= 4 is 23.2 Å². The number of nitrogens with one attached hydrogen (secondary N) is 1. The number of carbonyl (C=O) groups is 2. The number of nitrogens with zero attached hydrogens (tertiary/aromatic N) is 2. The Balaban J connectivity index is 1.64. The predicted molar refractivity (Wildman–Crippen MR) is 126 cm³/mol. The van der Waals surface area contributed by atoms with Gasteiger partial charge in [0, 0.05) is 50.0 Å². The summed E-state index contributed by atoms with van der Waals surface area (Å²) < 4.78 is 0. The Kier molecular flexibility index (Phi) is 7.01. The fraction of sp³-hybridized carbons (Fsp3) is 0.440. The third-order valence-corrected chi connectivity index (χ3v) is 5.64. The van der Waals surface area contributed by atoms with Crippen molar-refractivity contribution in [2.45, 2.75) is 33.2 Å². The summed E-state index contributed by atoms with van der Waals surface area (Å²) in [7, 11) is 3.93. The molecule has 0 unspecified atom stereocenters. The van der Waals surface area contributed by atoms with Gasteiger partial charge in [-0.05, 0) is 66.8 Å². The lowest BCUT2D eigenvalue weighted by molar-refractivity contribution is -0.134. The zero-order chi connectivity index (χ0) is 22.6. The third-order valence-electron chi connectivity index (χ3n) is 5.64. The normalized spacial score (nSPS) is 13.6. The molecule has 2 aromatic rings. The van der Waals surface area contributed by atoms with Crippen molar-refractivity contribution < 1.29 is 9.59 Å². The molecule has 0 bridgehead atoms. The maximum absolute atomic E-state index is 12.8. The number of amides is 2. The Morgan fingerprint density at radius 3 is 2.16 bits per heavy atom. The molecule has 6 nitrogen and oxygen atoms in total. The van der Waals surface area contributed by atoms with E-state index in [2.05, 4.69) is 19.2 Å². The molecule has 6 heteroatoms. The Bertz CT molecular complexity index is 900. The molecular weight excluding hydrogens is 388 g/mol. The molecule has 0 aliphatic heterocycles. The van der Waals surface area contributed by atoms with Crippen molar-refractivity contribution in [1.82, 2.24) is 4.90 Å². The molecule has 31 heavy (non-hydrogen) atoms. The van der Waals surface area contributed by atoms with Crippen LogP contribution in [0.15, 0.2) is 48.5 Å². The van der Waals surface area contributed by atoms with Crippen LogP contribution in [-0.2, 0) is 11.3 Å². The molecular formula is C25H34N4O2. The molecule has 0 saturated heterocycles. The number of benzene rings is 2. The van der Waals surface area contributed by atoms with Gasteiger partial charge >= 0.3 is 0 Å². The van der Waals surface area contributed by atoms with Crippen LogP contribution in [0.4, 0.5) is 11.4 Å². The third kappa shape index (κ3) is 6.31. The van der Waals surface area contributed by atoms with E-state index in [0.717, 1.165) is 29.8 Å². The van der Waals surface area contributed by atoms with E-state index in [1.54, 1.807) is 0 Å². The zero-order valence-corrected chi connectivity index (χ0v) is 19.0. The van der Waals surface area contributed by atoms with E-state index in [1.165, 1.54) is 0 Å². The van der Waals surface area contributed by atoms with Gasteiger partial charge in [-0.15, -0.1) is 0 Å². The summed E-state index contributed by atoms with van der Waals surface area (Å²) in [6.45, 7) is 5.90. The summed E-state index contributed by atoms with van der Waals surface area (Å²) in [5.41, 5.74) is 9.20. The maximum Gasteiger partial charge on any atom is 0.255 e. The van der Waals surface area contributed by atoms with E-state index < -0.39 is 0 Å². The number of rotatable bonds is 9. The SMILES string of the molecule is CN(C)c1ccc(C(=O)Nc2ccc(CN(CC(C)(C)CN)C(=O)C3CC3)cc2)cc1. The summed E-state index contributed by atoms with van der Waals surface area (Å²) in [5, 5.41) is 2.94. The molecule has 1 aliphatic carbocycles. The average Bonchev–Trinajstić information content (AvgIpc) is 3.59. The topological polar surface area (TPSA) is 78.7 Å². The summed E-state index contributed by atoms with van der Waals surface area (Å²) in [5.74, 6) is 0.249. The van der Waals surface area contributed by atoms with E-state index in [0.29, 0.717) is 25.2 Å². The Labute approximate surface area is 185 Å². The number of hydrogen-bond acceptors (Lipinski definition) is 4. The molecule has 1 aliphatic rings. The monoisotopic (exact) mass is 422 g/mol. The fourth-order valence-corrected chi connectivity index (χ4v) is 3.41. The first kappa shape index (κ1) is 22.8. The van der Waals surface area contributed by atoms with Crippen LogP contribution in [0.2, 0.25) is 0 Å². The van der Waals surface area contributed by atoms with E-state index in [4.69, 9.17) is 5.73 Å². The van der Waals surface area contributed by atoms with Crippen molar-refractivity contribution in [1.29, 1.82) is 0 Å². The average molecular weight is 423 g/mol. The Morgan fingerprint density at radius 1 is 1.03 bits per heavy atom. The van der Waals surface area contributed by atoms with Crippen LogP contribution in [0, 0.1) is 11.3 Å². The van der Waals surface area contributed by atoms with Crippen LogP contribution in [0.3, 0.4) is 0 Å². The first-order valence-corrected chi connectivity index (χ1v) is 10.8. The van der Waals surface area contributed by atoms with Crippen LogP contribution in [0.5, 0.6) is 0 Å². The highest BCUT2D eigenvalue weighted by molar-refractivity contribution is 6.04. The molecule has 0 radical (unpaired) electrons. The largest absolute Gasteiger partial charge is 0.378 e. The van der Waals surface area contributed by atoms with Crippen LogP contribution in [0.1, 0.15) is 42.6 Å². The number of anilines is 2. The van der Waals surface area contributed by atoms with Gasteiger partial charge in [0.2, 0.25) is 5.91 Å². The maximum atomic E-state index is 12.8. The van der Waals surface area contributed by atoms with Gasteiger partial charge in [0.1, 0.15) is 0 Å². The zero-order valence-electron chi connectivity index (χ0n) is 19.0. The second kappa shape index (κ2) is 9.52. The van der Waals surface area contributed by atoms with Gasteiger partial charge in [-0.2, -0.15) is 0 Å². The van der Waals surface area contributed by atoms with Crippen LogP contribution in [-0.4, -0.2) is 43.9 Å². The fourth-order valence-electron chi connectivity index (χ4n) is 3.41. The molecule has 1 fully saturated rings. The molecule has 2 amide bonds. The van der Waals surface area contributed by atoms with Gasteiger partial charge in [0.05, 0.1) is 0 Å². The van der Waals surface area contributed by atoms with Gasteiger partial charge in [-0.1, -0.05) is 26.0 Å². The quantitative estimate of drug-likeness (QED) is 0.645. The van der Waals surface area contributed by atoms with E-state index in [-0.39, 0.29) is 23.1 Å². The van der Waals surface area contributed by atoms with Gasteiger partial charge in [0.15, 0.2) is 0 Å². The summed E-state index contributed by atoms with van der Waals surface area (Å²) >= 11 is 0. The molecule has 0 aromatic heterocycles. The van der Waals surface area contributed by atoms with Gasteiger partial charge in [-0.3, -0.25) is 9.59 Å². The highest BCUT2D eigenvalue weighted by Crippen LogP contribution is 2.32. The molecule has 166 valence electrons. The van der Waals surface area contributed by atoms with Crippen molar-refractivity contribution in [3.8, 4) is 0 Å².